The number of piperidine rings is 1. The third-order valence-electron chi connectivity index (χ3n) is 6.28. The average Bonchev–Trinajstić information content (AvgIpc) is 2.86. The zero-order valence-electron chi connectivity index (χ0n) is 19.9. The van der Waals surface area contributed by atoms with Gasteiger partial charge in [0.25, 0.3) is 0 Å². The van der Waals surface area contributed by atoms with Crippen molar-refractivity contribution in [3.8, 4) is 0 Å². The molecule has 1 aliphatic rings. The molecule has 1 amide bonds. The molecule has 0 aliphatic carbocycles. The summed E-state index contributed by atoms with van der Waals surface area (Å²) in [5, 5.41) is 3.64. The van der Waals surface area contributed by atoms with Gasteiger partial charge in [-0.1, -0.05) is 30.3 Å². The second kappa shape index (κ2) is 9.99. The minimum absolute atomic E-state index is 0.197. The van der Waals surface area contributed by atoms with E-state index in [-0.39, 0.29) is 16.7 Å². The molecule has 1 aliphatic heterocycles. The smallest absolute Gasteiger partial charge is 0.333 e. The first-order valence-corrected chi connectivity index (χ1v) is 13.2. The van der Waals surface area contributed by atoms with Crippen molar-refractivity contribution >= 4 is 38.6 Å². The van der Waals surface area contributed by atoms with Gasteiger partial charge in [0.05, 0.1) is 23.2 Å². The molecule has 0 saturated carbocycles. The number of aryl methyl sites for hydroxylation is 1. The summed E-state index contributed by atoms with van der Waals surface area (Å²) in [6.07, 6.45) is 2.30. The largest absolute Gasteiger partial charge is 0.467 e. The minimum atomic E-state index is -3.35. The molecule has 35 heavy (non-hydrogen) atoms. The van der Waals surface area contributed by atoms with Crippen molar-refractivity contribution in [1.29, 1.82) is 0 Å². The number of nitrogens with one attached hydrogen (secondary N) is 1. The monoisotopic (exact) mass is 496 g/mol. The molecule has 2 aromatic carbocycles. The molecule has 10 heteroatoms. The number of carbonyl (C=O) groups is 2. The number of esters is 1. The van der Waals surface area contributed by atoms with Crippen LogP contribution in [0.4, 0.5) is 5.95 Å². The van der Waals surface area contributed by atoms with Crippen LogP contribution >= 0.6 is 0 Å². The van der Waals surface area contributed by atoms with E-state index >= 15 is 0 Å². The first-order chi connectivity index (χ1) is 16.7. The SMILES string of the molecule is COC(=O)[C@@H](NC(=O)C1CCN(c2nc(C)c3ccc(S(C)(=O)=O)cc3n2)CC1)c1ccccc1. The average molecular weight is 497 g/mol. The van der Waals surface area contributed by atoms with E-state index < -0.39 is 21.8 Å². The van der Waals surface area contributed by atoms with Crippen LogP contribution in [0.2, 0.25) is 0 Å². The summed E-state index contributed by atoms with van der Waals surface area (Å²) in [7, 11) is -2.05. The van der Waals surface area contributed by atoms with Crippen LogP contribution in [0.1, 0.15) is 30.1 Å². The molecule has 9 nitrogen and oxygen atoms in total. The number of benzene rings is 2. The number of hydrogen-bond acceptors (Lipinski definition) is 8. The third-order valence-corrected chi connectivity index (χ3v) is 7.39. The van der Waals surface area contributed by atoms with Crippen molar-refractivity contribution in [2.75, 3.05) is 31.4 Å². The minimum Gasteiger partial charge on any atom is -0.467 e. The number of methoxy groups -OCH3 is 1. The van der Waals surface area contributed by atoms with Crippen LogP contribution in [0.15, 0.2) is 53.4 Å². The van der Waals surface area contributed by atoms with Crippen LogP contribution in [0, 0.1) is 12.8 Å². The highest BCUT2D eigenvalue weighted by atomic mass is 32.2. The number of fused-ring (bicyclic) bond motifs is 1. The van der Waals surface area contributed by atoms with Gasteiger partial charge in [0, 0.05) is 30.6 Å². The fourth-order valence-electron chi connectivity index (χ4n) is 4.27. The van der Waals surface area contributed by atoms with Crippen molar-refractivity contribution in [2.24, 2.45) is 5.92 Å². The summed E-state index contributed by atoms with van der Waals surface area (Å²) >= 11 is 0. The summed E-state index contributed by atoms with van der Waals surface area (Å²) < 4.78 is 28.8. The Morgan fingerprint density at radius 2 is 1.77 bits per heavy atom. The summed E-state index contributed by atoms with van der Waals surface area (Å²) in [6.45, 7) is 2.98. The molecule has 3 aromatic rings. The van der Waals surface area contributed by atoms with E-state index in [0.717, 1.165) is 11.1 Å². The number of carbonyl (C=O) groups excluding carboxylic acids is 2. The Morgan fingerprint density at radius 1 is 1.09 bits per heavy atom. The lowest BCUT2D eigenvalue weighted by molar-refractivity contribution is -0.146. The zero-order valence-corrected chi connectivity index (χ0v) is 20.7. The molecule has 4 rings (SSSR count). The van der Waals surface area contributed by atoms with Gasteiger partial charge >= 0.3 is 5.97 Å². The van der Waals surface area contributed by atoms with Gasteiger partial charge in [-0.05, 0) is 43.5 Å². The molecule has 1 fully saturated rings. The van der Waals surface area contributed by atoms with Gasteiger partial charge < -0.3 is 15.0 Å². The Hall–Kier alpha value is -3.53. The standard InChI is InChI=1S/C25H28N4O5S/c1-16-20-10-9-19(35(3,32)33)15-21(20)27-25(26-16)29-13-11-18(12-14-29)23(30)28-22(24(31)34-2)17-7-5-4-6-8-17/h4-10,15,18,22H,11-14H2,1-3H3,(H,28,30)/t22-/m0/s1. The molecule has 0 bridgehead atoms. The number of sulfone groups is 1. The highest BCUT2D eigenvalue weighted by molar-refractivity contribution is 7.90. The molecule has 0 unspecified atom stereocenters. The number of nitrogens with zero attached hydrogens (tertiary/aromatic N) is 3. The van der Waals surface area contributed by atoms with E-state index in [9.17, 15) is 18.0 Å². The predicted molar refractivity (Wildman–Crippen MR) is 132 cm³/mol. The maximum absolute atomic E-state index is 13.0. The fraction of sp³-hybridized carbons (Fsp3) is 0.360. The van der Waals surface area contributed by atoms with Gasteiger partial charge in [-0.15, -0.1) is 0 Å². The maximum Gasteiger partial charge on any atom is 0.333 e. The van der Waals surface area contributed by atoms with Crippen molar-refractivity contribution in [2.45, 2.75) is 30.7 Å². The van der Waals surface area contributed by atoms with E-state index in [0.29, 0.717) is 43.0 Å². The van der Waals surface area contributed by atoms with E-state index in [2.05, 4.69) is 15.3 Å². The van der Waals surface area contributed by atoms with Crippen molar-refractivity contribution in [3.05, 3.63) is 59.8 Å². The Balaban J connectivity index is 1.47. The molecule has 1 N–H and O–H groups in total. The van der Waals surface area contributed by atoms with Gasteiger partial charge in [-0.2, -0.15) is 0 Å². The molecule has 1 atom stereocenters. The molecule has 0 radical (unpaired) electrons. The Morgan fingerprint density at radius 3 is 2.40 bits per heavy atom. The second-order valence-corrected chi connectivity index (χ2v) is 10.7. The predicted octanol–water partition coefficient (Wildman–Crippen LogP) is 2.59. The molecule has 1 saturated heterocycles. The number of hydrogen-bond donors (Lipinski definition) is 1. The highest BCUT2D eigenvalue weighted by Crippen LogP contribution is 2.26. The van der Waals surface area contributed by atoms with Crippen LogP contribution < -0.4 is 10.2 Å². The quantitative estimate of drug-likeness (QED) is 0.518. The molecule has 184 valence electrons. The number of amides is 1. The Labute approximate surface area is 204 Å². The van der Waals surface area contributed by atoms with Gasteiger partial charge in [0.15, 0.2) is 15.9 Å². The van der Waals surface area contributed by atoms with E-state index in [1.54, 1.807) is 42.5 Å². The molecule has 1 aromatic heterocycles. The van der Waals surface area contributed by atoms with Crippen molar-refractivity contribution in [1.82, 2.24) is 15.3 Å². The molecule has 2 heterocycles. The number of ether oxygens (including phenoxy) is 1. The maximum atomic E-state index is 13.0. The second-order valence-electron chi connectivity index (χ2n) is 8.70. The van der Waals surface area contributed by atoms with E-state index in [1.165, 1.54) is 13.4 Å². The highest BCUT2D eigenvalue weighted by Gasteiger charge is 2.30. The summed E-state index contributed by atoms with van der Waals surface area (Å²) in [5.41, 5.74) is 1.99. The number of rotatable bonds is 6. The summed E-state index contributed by atoms with van der Waals surface area (Å²) in [5.74, 6) is -0.468. The van der Waals surface area contributed by atoms with Crippen LogP contribution in [-0.2, 0) is 24.2 Å². The topological polar surface area (TPSA) is 119 Å². The normalized spacial score (nSPS) is 15.6. The first-order valence-electron chi connectivity index (χ1n) is 11.3. The van der Waals surface area contributed by atoms with Gasteiger partial charge in [-0.25, -0.2) is 23.2 Å². The van der Waals surface area contributed by atoms with Crippen molar-refractivity contribution < 1.29 is 22.7 Å². The van der Waals surface area contributed by atoms with Crippen LogP contribution in [0.25, 0.3) is 10.9 Å². The number of aromatic nitrogens is 2. The Kier molecular flexibility index (Phi) is 7.02. The molecular formula is C25H28N4O5S. The van der Waals surface area contributed by atoms with Gasteiger partial charge in [0.1, 0.15) is 0 Å². The lowest BCUT2D eigenvalue weighted by atomic mass is 9.95. The fourth-order valence-corrected chi connectivity index (χ4v) is 4.91. The van der Waals surface area contributed by atoms with Gasteiger partial charge in [-0.3, -0.25) is 4.79 Å². The third kappa shape index (κ3) is 5.43. The molecular weight excluding hydrogens is 468 g/mol. The lowest BCUT2D eigenvalue weighted by Crippen LogP contribution is -2.43. The lowest BCUT2D eigenvalue weighted by Gasteiger charge is -2.32. The first kappa shape index (κ1) is 24.6. The van der Waals surface area contributed by atoms with Crippen molar-refractivity contribution in [3.63, 3.8) is 0 Å². The Bertz CT molecular complexity index is 1350. The molecule has 0 spiro atoms. The summed E-state index contributed by atoms with van der Waals surface area (Å²) in [4.78, 5) is 36.7. The van der Waals surface area contributed by atoms with Crippen LogP contribution in [0.5, 0.6) is 0 Å². The number of anilines is 1. The van der Waals surface area contributed by atoms with Crippen LogP contribution in [0.3, 0.4) is 0 Å². The van der Waals surface area contributed by atoms with E-state index in [4.69, 9.17) is 4.74 Å². The van der Waals surface area contributed by atoms with Gasteiger partial charge in [0.2, 0.25) is 11.9 Å². The van der Waals surface area contributed by atoms with Crippen LogP contribution in [-0.4, -0.2) is 56.7 Å². The zero-order chi connectivity index (χ0) is 25.2. The van der Waals surface area contributed by atoms with E-state index in [1.807, 2.05) is 17.9 Å². The summed E-state index contributed by atoms with van der Waals surface area (Å²) in [6, 6.07) is 13.0.